The summed E-state index contributed by atoms with van der Waals surface area (Å²) in [4.78, 5) is 13.9. The van der Waals surface area contributed by atoms with Crippen molar-refractivity contribution in [3.8, 4) is 0 Å². The number of nitrogens with two attached hydrogens (primary N) is 1. The number of hydrogen-bond acceptors (Lipinski definition) is 2. The lowest BCUT2D eigenvalue weighted by atomic mass is 10.0. The van der Waals surface area contributed by atoms with Gasteiger partial charge in [-0.2, -0.15) is 0 Å². The minimum Gasteiger partial charge on any atom is -0.338 e. The zero-order chi connectivity index (χ0) is 13.8. The van der Waals surface area contributed by atoms with E-state index in [1.54, 1.807) is 4.90 Å². The van der Waals surface area contributed by atoms with Crippen LogP contribution in [0.3, 0.4) is 0 Å². The molecule has 104 valence electrons. The highest BCUT2D eigenvalue weighted by Crippen LogP contribution is 2.19. The molecule has 1 aromatic carbocycles. The second-order valence-electron chi connectivity index (χ2n) is 4.86. The number of amides is 1. The Morgan fingerprint density at radius 3 is 2.89 bits per heavy atom. The number of hydrogen-bond donors (Lipinski definition) is 1. The van der Waals surface area contributed by atoms with E-state index in [2.05, 4.69) is 0 Å². The van der Waals surface area contributed by atoms with Crippen molar-refractivity contribution in [2.75, 3.05) is 13.1 Å². The number of halogens is 2. The molecule has 1 unspecified atom stereocenters. The van der Waals surface area contributed by atoms with Crippen LogP contribution in [0.15, 0.2) is 18.2 Å². The topological polar surface area (TPSA) is 46.3 Å². The molecule has 5 heteroatoms. The van der Waals surface area contributed by atoms with Gasteiger partial charge in [-0.1, -0.05) is 12.1 Å². The molecule has 1 aromatic rings. The third kappa shape index (κ3) is 3.10. The zero-order valence-electron chi connectivity index (χ0n) is 10.7. The van der Waals surface area contributed by atoms with Gasteiger partial charge in [0.05, 0.1) is 6.42 Å². The number of likely N-dealkylation sites (tertiary alicyclic amines) is 1. The Morgan fingerprint density at radius 1 is 1.37 bits per heavy atom. The van der Waals surface area contributed by atoms with E-state index in [1.807, 2.05) is 0 Å². The third-order valence-corrected chi connectivity index (χ3v) is 3.59. The maximum Gasteiger partial charge on any atom is 0.227 e. The maximum absolute atomic E-state index is 13.5. The van der Waals surface area contributed by atoms with Crippen molar-refractivity contribution in [1.82, 2.24) is 4.90 Å². The van der Waals surface area contributed by atoms with Crippen LogP contribution in [0.1, 0.15) is 24.8 Å². The average Bonchev–Trinajstić information content (AvgIpc) is 2.43. The average molecular weight is 268 g/mol. The number of rotatable bonds is 3. The van der Waals surface area contributed by atoms with Gasteiger partial charge < -0.3 is 10.6 Å². The summed E-state index contributed by atoms with van der Waals surface area (Å²) in [7, 11) is 0. The Hall–Kier alpha value is -1.49. The molecule has 0 bridgehead atoms. The molecule has 2 N–H and O–H groups in total. The molecule has 3 nitrogen and oxygen atoms in total. The van der Waals surface area contributed by atoms with Gasteiger partial charge in [0.1, 0.15) is 0 Å². The monoisotopic (exact) mass is 268 g/mol. The largest absolute Gasteiger partial charge is 0.338 e. The number of benzene rings is 1. The van der Waals surface area contributed by atoms with Gasteiger partial charge >= 0.3 is 0 Å². The van der Waals surface area contributed by atoms with Crippen LogP contribution in [0, 0.1) is 11.6 Å². The number of piperidine rings is 1. The molecular formula is C14H18F2N2O. The van der Waals surface area contributed by atoms with E-state index in [-0.39, 0.29) is 23.9 Å². The first kappa shape index (κ1) is 13.9. The van der Waals surface area contributed by atoms with Gasteiger partial charge in [0.15, 0.2) is 11.6 Å². The van der Waals surface area contributed by atoms with Crippen LogP contribution in [0.5, 0.6) is 0 Å². The Morgan fingerprint density at radius 2 is 2.16 bits per heavy atom. The van der Waals surface area contributed by atoms with E-state index >= 15 is 0 Å². The van der Waals surface area contributed by atoms with Gasteiger partial charge in [0, 0.05) is 24.7 Å². The third-order valence-electron chi connectivity index (χ3n) is 3.59. The van der Waals surface area contributed by atoms with E-state index in [4.69, 9.17) is 5.73 Å². The second kappa shape index (κ2) is 6.10. The molecule has 1 amide bonds. The van der Waals surface area contributed by atoms with Crippen molar-refractivity contribution in [3.63, 3.8) is 0 Å². The van der Waals surface area contributed by atoms with Crippen molar-refractivity contribution in [2.24, 2.45) is 5.73 Å². The van der Waals surface area contributed by atoms with E-state index < -0.39 is 11.6 Å². The smallest absolute Gasteiger partial charge is 0.227 e. The fourth-order valence-electron chi connectivity index (χ4n) is 2.52. The molecule has 1 aliphatic rings. The van der Waals surface area contributed by atoms with E-state index in [9.17, 15) is 13.6 Å². The minimum atomic E-state index is -0.933. The summed E-state index contributed by atoms with van der Waals surface area (Å²) in [6.45, 7) is 1.06. The number of nitrogens with zero attached hydrogens (tertiary/aromatic N) is 1. The Kier molecular flexibility index (Phi) is 4.47. The highest BCUT2D eigenvalue weighted by molar-refractivity contribution is 5.79. The second-order valence-corrected chi connectivity index (χ2v) is 4.86. The SMILES string of the molecule is NCC1CCCCN1C(=O)Cc1cccc(F)c1F. The van der Waals surface area contributed by atoms with Crippen LogP contribution in [-0.4, -0.2) is 29.9 Å². The van der Waals surface area contributed by atoms with Crippen molar-refractivity contribution in [3.05, 3.63) is 35.4 Å². The van der Waals surface area contributed by atoms with Crippen molar-refractivity contribution in [1.29, 1.82) is 0 Å². The quantitative estimate of drug-likeness (QED) is 0.909. The first-order chi connectivity index (χ1) is 9.13. The van der Waals surface area contributed by atoms with Crippen molar-refractivity contribution in [2.45, 2.75) is 31.7 Å². The van der Waals surface area contributed by atoms with Crippen LogP contribution in [0.25, 0.3) is 0 Å². The van der Waals surface area contributed by atoms with Gasteiger partial charge in [-0.3, -0.25) is 4.79 Å². The number of carbonyl (C=O) groups excluding carboxylic acids is 1. The molecule has 0 spiro atoms. The predicted octanol–water partition coefficient (Wildman–Crippen LogP) is 1.85. The Balaban J connectivity index is 2.09. The molecule has 0 radical (unpaired) electrons. The summed E-state index contributed by atoms with van der Waals surface area (Å²) in [6, 6.07) is 3.93. The standard InChI is InChI=1S/C14H18F2N2O/c15-12-6-3-4-10(14(12)16)8-13(19)18-7-2-1-5-11(18)9-17/h3-4,6,11H,1-2,5,7-9,17H2. The molecule has 1 saturated heterocycles. The molecule has 1 atom stereocenters. The molecule has 19 heavy (non-hydrogen) atoms. The van der Waals surface area contributed by atoms with E-state index in [0.717, 1.165) is 25.3 Å². The lowest BCUT2D eigenvalue weighted by molar-refractivity contribution is -0.133. The molecule has 1 heterocycles. The van der Waals surface area contributed by atoms with Gasteiger partial charge in [0.2, 0.25) is 5.91 Å². The fraction of sp³-hybridized carbons (Fsp3) is 0.500. The Bertz CT molecular complexity index is 465. The first-order valence-corrected chi connectivity index (χ1v) is 6.56. The fourth-order valence-corrected chi connectivity index (χ4v) is 2.52. The lowest BCUT2D eigenvalue weighted by Crippen LogP contribution is -2.48. The van der Waals surface area contributed by atoms with Crippen LogP contribution >= 0.6 is 0 Å². The molecule has 0 aliphatic carbocycles. The molecular weight excluding hydrogens is 250 g/mol. The summed E-state index contributed by atoms with van der Waals surface area (Å²) in [5, 5.41) is 0. The van der Waals surface area contributed by atoms with Crippen LogP contribution in [-0.2, 0) is 11.2 Å². The van der Waals surface area contributed by atoms with E-state index in [1.165, 1.54) is 12.1 Å². The maximum atomic E-state index is 13.5. The highest BCUT2D eigenvalue weighted by atomic mass is 19.2. The molecule has 1 aliphatic heterocycles. The van der Waals surface area contributed by atoms with Gasteiger partial charge in [-0.15, -0.1) is 0 Å². The molecule has 2 rings (SSSR count). The lowest BCUT2D eigenvalue weighted by Gasteiger charge is -2.35. The van der Waals surface area contributed by atoms with Crippen LogP contribution < -0.4 is 5.73 Å². The summed E-state index contributed by atoms with van der Waals surface area (Å²) in [6.07, 6.45) is 2.77. The highest BCUT2D eigenvalue weighted by Gasteiger charge is 2.26. The first-order valence-electron chi connectivity index (χ1n) is 6.56. The summed E-state index contributed by atoms with van der Waals surface area (Å²) in [5.74, 6) is -2.03. The molecule has 0 saturated carbocycles. The molecule has 1 fully saturated rings. The predicted molar refractivity (Wildman–Crippen MR) is 68.5 cm³/mol. The van der Waals surface area contributed by atoms with E-state index in [0.29, 0.717) is 13.1 Å². The number of carbonyl (C=O) groups is 1. The van der Waals surface area contributed by atoms with Crippen molar-refractivity contribution >= 4 is 5.91 Å². The summed E-state index contributed by atoms with van der Waals surface area (Å²) in [5.41, 5.74) is 5.75. The normalized spacial score (nSPS) is 19.5. The van der Waals surface area contributed by atoms with Gasteiger partial charge in [-0.05, 0) is 25.3 Å². The summed E-state index contributed by atoms with van der Waals surface area (Å²) >= 11 is 0. The minimum absolute atomic E-state index is 0.0258. The van der Waals surface area contributed by atoms with Crippen LogP contribution in [0.4, 0.5) is 8.78 Å². The zero-order valence-corrected chi connectivity index (χ0v) is 10.7. The van der Waals surface area contributed by atoms with Gasteiger partial charge in [-0.25, -0.2) is 8.78 Å². The Labute approximate surface area is 111 Å². The van der Waals surface area contributed by atoms with Gasteiger partial charge in [0.25, 0.3) is 0 Å². The summed E-state index contributed by atoms with van der Waals surface area (Å²) < 4.78 is 26.6. The van der Waals surface area contributed by atoms with Crippen LogP contribution in [0.2, 0.25) is 0 Å². The molecule has 0 aromatic heterocycles. The van der Waals surface area contributed by atoms with Crippen molar-refractivity contribution < 1.29 is 13.6 Å².